The summed E-state index contributed by atoms with van der Waals surface area (Å²) in [5.41, 5.74) is 6.00. The average Bonchev–Trinajstić information content (AvgIpc) is 2.73. The summed E-state index contributed by atoms with van der Waals surface area (Å²) >= 11 is 0. The summed E-state index contributed by atoms with van der Waals surface area (Å²) in [6.07, 6.45) is 0.812. The van der Waals surface area contributed by atoms with E-state index in [0.29, 0.717) is 5.82 Å². The van der Waals surface area contributed by atoms with Crippen LogP contribution in [0.1, 0.15) is 12.6 Å². The molecule has 0 unspecified atom stereocenters. The van der Waals surface area contributed by atoms with Crippen molar-refractivity contribution >= 4 is 17.6 Å². The molecule has 7 heteroatoms. The molecular formula is C9H15N5O2. The summed E-state index contributed by atoms with van der Waals surface area (Å²) in [6.45, 7) is 1.74. The van der Waals surface area contributed by atoms with E-state index >= 15 is 0 Å². The average molecular weight is 225 g/mol. The molecule has 7 nitrogen and oxygen atoms in total. The van der Waals surface area contributed by atoms with Crippen LogP contribution in [0.3, 0.4) is 0 Å². The first kappa shape index (κ1) is 12.2. The first-order valence-corrected chi connectivity index (χ1v) is 4.96. The number of aryl methyl sites for hydroxylation is 1. The molecule has 0 saturated heterocycles. The van der Waals surface area contributed by atoms with E-state index in [9.17, 15) is 9.59 Å². The quantitative estimate of drug-likeness (QED) is 0.514. The van der Waals surface area contributed by atoms with Crippen LogP contribution in [0.5, 0.6) is 0 Å². The molecule has 2 amide bonds. The Hall–Kier alpha value is -1.89. The molecule has 0 aliphatic heterocycles. The normalized spacial score (nSPS) is 9.88. The third-order valence-corrected chi connectivity index (χ3v) is 1.91. The van der Waals surface area contributed by atoms with Crippen LogP contribution in [0.15, 0.2) is 6.07 Å². The Morgan fingerprint density at radius 3 is 2.81 bits per heavy atom. The lowest BCUT2D eigenvalue weighted by Gasteiger charge is -2.02. The number of nitrogens with zero attached hydrogens (tertiary/aromatic N) is 1. The van der Waals surface area contributed by atoms with Gasteiger partial charge in [0.25, 0.3) is 0 Å². The van der Waals surface area contributed by atoms with Crippen molar-refractivity contribution in [3.63, 3.8) is 0 Å². The number of hydrogen-bond donors (Lipinski definition) is 4. The standard InChI is InChI=1S/C9H15N5O2/c1-2-6-3-7(14-13-6)12-9(16)5-11-8(15)4-10/h3H,2,4-5,10H2,1H3,(H,11,15)(H2,12,13,14,16). The van der Waals surface area contributed by atoms with E-state index in [4.69, 9.17) is 5.73 Å². The second-order valence-corrected chi connectivity index (χ2v) is 3.16. The number of aromatic amines is 1. The molecule has 0 atom stereocenters. The molecule has 88 valence electrons. The molecule has 1 rings (SSSR count). The molecule has 1 aromatic heterocycles. The van der Waals surface area contributed by atoms with Gasteiger partial charge < -0.3 is 16.4 Å². The van der Waals surface area contributed by atoms with Gasteiger partial charge >= 0.3 is 0 Å². The van der Waals surface area contributed by atoms with Gasteiger partial charge in [0.15, 0.2) is 5.82 Å². The van der Waals surface area contributed by atoms with Gasteiger partial charge in [-0.1, -0.05) is 6.92 Å². The number of H-pyrrole nitrogens is 1. The van der Waals surface area contributed by atoms with Crippen molar-refractivity contribution in [2.75, 3.05) is 18.4 Å². The maximum atomic E-state index is 11.3. The Labute approximate surface area is 92.8 Å². The zero-order valence-electron chi connectivity index (χ0n) is 9.04. The summed E-state index contributed by atoms with van der Waals surface area (Å²) in [5.74, 6) is -0.258. The van der Waals surface area contributed by atoms with Gasteiger partial charge in [-0.25, -0.2) is 0 Å². The number of aromatic nitrogens is 2. The molecule has 1 aromatic rings. The van der Waals surface area contributed by atoms with Crippen LogP contribution in [-0.2, 0) is 16.0 Å². The molecule has 0 bridgehead atoms. The molecule has 0 aliphatic carbocycles. The second kappa shape index (κ2) is 5.86. The number of rotatable bonds is 5. The lowest BCUT2D eigenvalue weighted by atomic mass is 10.3. The predicted molar refractivity (Wildman–Crippen MR) is 58.7 cm³/mol. The number of nitrogens with two attached hydrogens (primary N) is 1. The third kappa shape index (κ3) is 3.70. The van der Waals surface area contributed by atoms with E-state index in [1.54, 1.807) is 6.07 Å². The van der Waals surface area contributed by atoms with Crippen LogP contribution < -0.4 is 16.4 Å². The minimum Gasteiger partial charge on any atom is -0.346 e. The molecule has 1 heterocycles. The smallest absolute Gasteiger partial charge is 0.244 e. The Kier molecular flexibility index (Phi) is 4.46. The summed E-state index contributed by atoms with van der Waals surface area (Å²) < 4.78 is 0. The summed E-state index contributed by atoms with van der Waals surface area (Å²) in [5, 5.41) is 11.5. The van der Waals surface area contributed by atoms with Crippen molar-refractivity contribution in [2.45, 2.75) is 13.3 Å². The van der Waals surface area contributed by atoms with Gasteiger partial charge in [-0.15, -0.1) is 0 Å². The summed E-state index contributed by atoms with van der Waals surface area (Å²) in [4.78, 5) is 22.1. The van der Waals surface area contributed by atoms with Crippen molar-refractivity contribution in [1.82, 2.24) is 15.5 Å². The number of amides is 2. The van der Waals surface area contributed by atoms with Gasteiger partial charge in [0.1, 0.15) is 0 Å². The monoisotopic (exact) mass is 225 g/mol. The van der Waals surface area contributed by atoms with E-state index in [1.807, 2.05) is 6.92 Å². The van der Waals surface area contributed by atoms with Gasteiger partial charge in [0.05, 0.1) is 13.1 Å². The van der Waals surface area contributed by atoms with Crippen molar-refractivity contribution < 1.29 is 9.59 Å². The molecular weight excluding hydrogens is 210 g/mol. The first-order valence-electron chi connectivity index (χ1n) is 4.96. The minimum absolute atomic E-state index is 0.107. The largest absolute Gasteiger partial charge is 0.346 e. The molecule has 0 fully saturated rings. The topological polar surface area (TPSA) is 113 Å². The van der Waals surface area contributed by atoms with Crippen molar-refractivity contribution in [3.8, 4) is 0 Å². The molecule has 0 spiro atoms. The molecule has 5 N–H and O–H groups in total. The maximum absolute atomic E-state index is 11.3. The highest BCUT2D eigenvalue weighted by Crippen LogP contribution is 2.04. The minimum atomic E-state index is -0.369. The number of carbonyl (C=O) groups excluding carboxylic acids is 2. The van der Waals surface area contributed by atoms with Gasteiger partial charge in [-0.05, 0) is 6.42 Å². The molecule has 0 radical (unpaired) electrons. The summed E-state index contributed by atoms with van der Waals surface area (Å²) in [6, 6.07) is 1.74. The maximum Gasteiger partial charge on any atom is 0.244 e. The van der Waals surface area contributed by atoms with Crippen molar-refractivity contribution in [2.24, 2.45) is 5.73 Å². The first-order chi connectivity index (χ1) is 7.65. The van der Waals surface area contributed by atoms with Gasteiger partial charge in [0, 0.05) is 11.8 Å². The zero-order chi connectivity index (χ0) is 12.0. The van der Waals surface area contributed by atoms with Gasteiger partial charge in [-0.3, -0.25) is 14.7 Å². The Morgan fingerprint density at radius 1 is 1.50 bits per heavy atom. The fraction of sp³-hybridized carbons (Fsp3) is 0.444. The molecule has 16 heavy (non-hydrogen) atoms. The highest BCUT2D eigenvalue weighted by molar-refractivity contribution is 5.94. The Balaban J connectivity index is 2.36. The number of anilines is 1. The van der Waals surface area contributed by atoms with Crippen LogP contribution in [0, 0.1) is 0 Å². The van der Waals surface area contributed by atoms with Gasteiger partial charge in [-0.2, -0.15) is 5.10 Å². The van der Waals surface area contributed by atoms with E-state index in [2.05, 4.69) is 20.8 Å². The highest BCUT2D eigenvalue weighted by atomic mass is 16.2. The zero-order valence-corrected chi connectivity index (χ0v) is 9.04. The van der Waals surface area contributed by atoms with Crippen LogP contribution in [0.2, 0.25) is 0 Å². The second-order valence-electron chi connectivity index (χ2n) is 3.16. The number of carbonyl (C=O) groups is 2. The lowest BCUT2D eigenvalue weighted by molar-refractivity contribution is -0.123. The number of nitrogens with one attached hydrogen (secondary N) is 3. The Morgan fingerprint density at radius 2 is 2.25 bits per heavy atom. The van der Waals surface area contributed by atoms with Crippen LogP contribution >= 0.6 is 0 Å². The fourth-order valence-corrected chi connectivity index (χ4v) is 1.04. The molecule has 0 saturated carbocycles. The molecule has 0 aromatic carbocycles. The van der Waals surface area contributed by atoms with Crippen LogP contribution in [0.4, 0.5) is 5.82 Å². The Bertz CT molecular complexity index is 374. The van der Waals surface area contributed by atoms with Crippen LogP contribution in [0.25, 0.3) is 0 Å². The summed E-state index contributed by atoms with van der Waals surface area (Å²) in [7, 11) is 0. The van der Waals surface area contributed by atoms with E-state index in [-0.39, 0.29) is 24.9 Å². The number of hydrogen-bond acceptors (Lipinski definition) is 4. The van der Waals surface area contributed by atoms with Crippen molar-refractivity contribution in [3.05, 3.63) is 11.8 Å². The van der Waals surface area contributed by atoms with Crippen LogP contribution in [-0.4, -0.2) is 35.1 Å². The molecule has 0 aliphatic rings. The van der Waals surface area contributed by atoms with E-state index < -0.39 is 0 Å². The van der Waals surface area contributed by atoms with Crippen molar-refractivity contribution in [1.29, 1.82) is 0 Å². The lowest BCUT2D eigenvalue weighted by Crippen LogP contribution is -2.36. The van der Waals surface area contributed by atoms with E-state index in [1.165, 1.54) is 0 Å². The fourth-order valence-electron chi connectivity index (χ4n) is 1.04. The van der Waals surface area contributed by atoms with E-state index in [0.717, 1.165) is 12.1 Å². The third-order valence-electron chi connectivity index (χ3n) is 1.91. The highest BCUT2D eigenvalue weighted by Gasteiger charge is 2.06. The SMILES string of the molecule is CCc1cc(NC(=O)CNC(=O)CN)n[nH]1. The van der Waals surface area contributed by atoms with Gasteiger partial charge in [0.2, 0.25) is 11.8 Å². The predicted octanol–water partition coefficient (Wildman–Crippen LogP) is -1.01.